The van der Waals surface area contributed by atoms with E-state index in [0.29, 0.717) is 37.7 Å². The Labute approximate surface area is 188 Å². The lowest BCUT2D eigenvalue weighted by Crippen LogP contribution is -2.44. The normalized spacial score (nSPS) is 16.2. The number of amides is 2. The minimum absolute atomic E-state index is 0.0193. The Morgan fingerprint density at radius 3 is 2.81 bits per heavy atom. The lowest BCUT2D eigenvalue weighted by Gasteiger charge is -2.31. The minimum Gasteiger partial charge on any atom is -0.493 e. The highest BCUT2D eigenvalue weighted by atomic mass is 16.5. The Balaban J connectivity index is 1.63. The molecule has 2 heterocycles. The Morgan fingerprint density at radius 2 is 2.12 bits per heavy atom. The van der Waals surface area contributed by atoms with Gasteiger partial charge in [0.2, 0.25) is 11.8 Å². The summed E-state index contributed by atoms with van der Waals surface area (Å²) in [5.74, 6) is 1.67. The molecule has 2 aromatic rings. The third kappa shape index (κ3) is 5.69. The molecule has 1 aliphatic rings. The van der Waals surface area contributed by atoms with Gasteiger partial charge in [0, 0.05) is 25.7 Å². The van der Waals surface area contributed by atoms with Crippen LogP contribution in [0.5, 0.6) is 11.5 Å². The third-order valence-electron chi connectivity index (χ3n) is 5.61. The van der Waals surface area contributed by atoms with E-state index in [1.165, 1.54) is 0 Å². The molecule has 1 aromatic carbocycles. The summed E-state index contributed by atoms with van der Waals surface area (Å²) in [6, 6.07) is 5.50. The number of nitrogens with one attached hydrogen (secondary N) is 1. The second-order valence-electron chi connectivity index (χ2n) is 7.85. The van der Waals surface area contributed by atoms with Gasteiger partial charge in [-0.2, -0.15) is 0 Å². The van der Waals surface area contributed by atoms with Gasteiger partial charge in [0.25, 0.3) is 0 Å². The van der Waals surface area contributed by atoms with Crippen LogP contribution in [0.25, 0.3) is 6.08 Å². The first-order chi connectivity index (χ1) is 15.4. The van der Waals surface area contributed by atoms with Crippen LogP contribution >= 0.6 is 0 Å². The first kappa shape index (κ1) is 23.4. The molecular weight excluding hydrogens is 410 g/mol. The maximum Gasteiger partial charge on any atom is 0.246 e. The van der Waals surface area contributed by atoms with Crippen LogP contribution in [0.15, 0.2) is 28.8 Å². The number of carbonyl (C=O) groups excluding carboxylic acids is 2. The largest absolute Gasteiger partial charge is 0.493 e. The van der Waals surface area contributed by atoms with Crippen molar-refractivity contribution < 1.29 is 23.6 Å². The molecule has 8 nitrogen and oxygen atoms in total. The van der Waals surface area contributed by atoms with Gasteiger partial charge in [0.1, 0.15) is 12.4 Å². The molecule has 0 saturated carbocycles. The number of ether oxygens (including phenoxy) is 2. The van der Waals surface area contributed by atoms with Gasteiger partial charge < -0.3 is 24.2 Å². The molecule has 3 rings (SSSR count). The van der Waals surface area contributed by atoms with E-state index >= 15 is 0 Å². The number of hydrogen-bond acceptors (Lipinski definition) is 6. The van der Waals surface area contributed by atoms with Gasteiger partial charge in [-0.1, -0.05) is 11.2 Å². The number of benzene rings is 1. The quantitative estimate of drug-likeness (QED) is 0.632. The van der Waals surface area contributed by atoms with Crippen LogP contribution in [0.1, 0.15) is 42.3 Å². The van der Waals surface area contributed by atoms with Crippen molar-refractivity contribution in [3.8, 4) is 11.5 Å². The molecule has 32 heavy (non-hydrogen) atoms. The predicted octanol–water partition coefficient (Wildman–Crippen LogP) is 3.27. The first-order valence-electron chi connectivity index (χ1n) is 10.9. The van der Waals surface area contributed by atoms with Crippen LogP contribution in [0.3, 0.4) is 0 Å². The molecule has 1 saturated heterocycles. The van der Waals surface area contributed by atoms with Crippen molar-refractivity contribution in [1.29, 1.82) is 0 Å². The summed E-state index contributed by atoms with van der Waals surface area (Å²) in [4.78, 5) is 26.5. The molecule has 1 N–H and O–H groups in total. The van der Waals surface area contributed by atoms with E-state index in [4.69, 9.17) is 14.0 Å². The average Bonchev–Trinajstić information content (AvgIpc) is 3.13. The number of likely N-dealkylation sites (tertiary alicyclic amines) is 1. The maximum atomic E-state index is 12.7. The zero-order chi connectivity index (χ0) is 23.1. The van der Waals surface area contributed by atoms with Gasteiger partial charge in [-0.05, 0) is 57.4 Å². The number of carbonyl (C=O) groups is 2. The molecular formula is C24H31N3O5. The van der Waals surface area contributed by atoms with Crippen molar-refractivity contribution in [3.63, 3.8) is 0 Å². The lowest BCUT2D eigenvalue weighted by molar-refractivity contribution is -0.132. The van der Waals surface area contributed by atoms with Gasteiger partial charge in [-0.25, -0.2) is 0 Å². The molecule has 1 aromatic heterocycles. The number of aryl methyl sites for hydroxylation is 2. The maximum absolute atomic E-state index is 12.7. The molecule has 1 aliphatic heterocycles. The van der Waals surface area contributed by atoms with Crippen molar-refractivity contribution >= 4 is 17.9 Å². The van der Waals surface area contributed by atoms with Gasteiger partial charge >= 0.3 is 0 Å². The Morgan fingerprint density at radius 1 is 1.31 bits per heavy atom. The minimum atomic E-state index is -0.143. The topological polar surface area (TPSA) is 93.9 Å². The van der Waals surface area contributed by atoms with Crippen LogP contribution in [0, 0.1) is 19.8 Å². The monoisotopic (exact) mass is 441 g/mol. The third-order valence-corrected chi connectivity index (χ3v) is 5.61. The molecule has 1 unspecified atom stereocenters. The van der Waals surface area contributed by atoms with Gasteiger partial charge in [0.15, 0.2) is 11.5 Å². The number of aromatic nitrogens is 1. The van der Waals surface area contributed by atoms with Crippen molar-refractivity contribution in [2.24, 2.45) is 5.92 Å². The van der Waals surface area contributed by atoms with E-state index in [-0.39, 0.29) is 17.7 Å². The van der Waals surface area contributed by atoms with Crippen molar-refractivity contribution in [1.82, 2.24) is 15.4 Å². The molecule has 0 bridgehead atoms. The van der Waals surface area contributed by atoms with Crippen LogP contribution in [-0.4, -0.2) is 48.6 Å². The zero-order valence-corrected chi connectivity index (χ0v) is 19.1. The highest BCUT2D eigenvalue weighted by Crippen LogP contribution is 2.30. The smallest absolute Gasteiger partial charge is 0.246 e. The predicted molar refractivity (Wildman–Crippen MR) is 120 cm³/mol. The molecule has 0 spiro atoms. The number of rotatable bonds is 8. The molecule has 172 valence electrons. The van der Waals surface area contributed by atoms with Crippen molar-refractivity contribution in [2.75, 3.05) is 26.7 Å². The molecule has 2 amide bonds. The molecule has 0 aliphatic carbocycles. The SMILES string of the molecule is CCNC(=O)C1CCCN(C(=O)/C=C/c2ccc(OCc3c(C)noc3C)c(OC)c2)C1. The number of piperidine rings is 1. The van der Waals surface area contributed by atoms with Crippen LogP contribution < -0.4 is 14.8 Å². The summed E-state index contributed by atoms with van der Waals surface area (Å²) in [6.45, 7) is 7.66. The lowest BCUT2D eigenvalue weighted by atomic mass is 9.97. The number of nitrogens with zero attached hydrogens (tertiary/aromatic N) is 2. The Hall–Kier alpha value is -3.29. The summed E-state index contributed by atoms with van der Waals surface area (Å²) in [7, 11) is 1.58. The fraction of sp³-hybridized carbons (Fsp3) is 0.458. The Kier molecular flexibility index (Phi) is 7.92. The van der Waals surface area contributed by atoms with E-state index in [1.807, 2.05) is 39.0 Å². The van der Waals surface area contributed by atoms with Crippen molar-refractivity contribution in [3.05, 3.63) is 46.9 Å². The van der Waals surface area contributed by atoms with E-state index in [0.717, 1.165) is 35.4 Å². The fourth-order valence-electron chi connectivity index (χ4n) is 3.75. The summed E-state index contributed by atoms with van der Waals surface area (Å²) in [5, 5.41) is 6.78. The first-order valence-corrected chi connectivity index (χ1v) is 10.9. The van der Waals surface area contributed by atoms with Crippen molar-refractivity contribution in [2.45, 2.75) is 40.2 Å². The highest BCUT2D eigenvalue weighted by Gasteiger charge is 2.27. The van der Waals surface area contributed by atoms with E-state index < -0.39 is 0 Å². The highest BCUT2D eigenvalue weighted by molar-refractivity contribution is 5.92. The Bertz CT molecular complexity index is 963. The molecule has 1 atom stereocenters. The summed E-state index contributed by atoms with van der Waals surface area (Å²) < 4.78 is 16.5. The van der Waals surface area contributed by atoms with E-state index in [1.54, 1.807) is 24.2 Å². The summed E-state index contributed by atoms with van der Waals surface area (Å²) >= 11 is 0. The van der Waals surface area contributed by atoms with Gasteiger partial charge in [0.05, 0.1) is 24.3 Å². The van der Waals surface area contributed by atoms with Gasteiger partial charge in [-0.15, -0.1) is 0 Å². The molecule has 1 fully saturated rings. The number of methoxy groups -OCH3 is 1. The summed E-state index contributed by atoms with van der Waals surface area (Å²) in [6.07, 6.45) is 4.93. The van der Waals surface area contributed by atoms with E-state index in [2.05, 4.69) is 10.5 Å². The number of hydrogen-bond donors (Lipinski definition) is 1. The van der Waals surface area contributed by atoms with E-state index in [9.17, 15) is 9.59 Å². The fourth-order valence-corrected chi connectivity index (χ4v) is 3.75. The molecule has 0 radical (unpaired) electrons. The second kappa shape index (κ2) is 10.8. The van der Waals surface area contributed by atoms with Gasteiger partial charge in [-0.3, -0.25) is 9.59 Å². The van der Waals surface area contributed by atoms with Crippen LogP contribution in [0.4, 0.5) is 0 Å². The van der Waals surface area contributed by atoms with Crippen LogP contribution in [-0.2, 0) is 16.2 Å². The zero-order valence-electron chi connectivity index (χ0n) is 19.1. The average molecular weight is 442 g/mol. The molecule has 8 heteroatoms. The summed E-state index contributed by atoms with van der Waals surface area (Å²) in [5.41, 5.74) is 2.53. The standard InChI is InChI=1S/C24H31N3O5/c1-5-25-24(29)19-7-6-12-27(14-19)23(28)11-9-18-8-10-21(22(13-18)30-4)31-15-20-16(2)26-32-17(20)3/h8-11,13,19H,5-7,12,14-15H2,1-4H3,(H,25,29)/b11-9+. The van der Waals surface area contributed by atoms with Crippen LogP contribution in [0.2, 0.25) is 0 Å². The second-order valence-corrected chi connectivity index (χ2v) is 7.85.